The lowest BCUT2D eigenvalue weighted by atomic mass is 9.86. The molecule has 4 heterocycles. The van der Waals surface area contributed by atoms with Gasteiger partial charge in [-0.05, 0) is 57.4 Å². The Morgan fingerprint density at radius 1 is 1.13 bits per heavy atom. The molecule has 0 bridgehead atoms. The Bertz CT molecular complexity index is 1990. The molecule has 240 valence electrons. The van der Waals surface area contributed by atoms with Crippen LogP contribution in [0.2, 0.25) is 30.8 Å². The number of nitrogens with zero attached hydrogens (tertiary/aromatic N) is 6. The Balaban J connectivity index is 1.47. The van der Waals surface area contributed by atoms with Crippen molar-refractivity contribution in [3.63, 3.8) is 0 Å². The number of pyridine rings is 1. The number of carbonyl (C=O) groups excluding carboxylic acids is 1. The lowest BCUT2D eigenvalue weighted by Gasteiger charge is -2.36. The van der Waals surface area contributed by atoms with Crippen LogP contribution in [-0.4, -0.2) is 60.9 Å². The molecular weight excluding hydrogens is 610 g/mol. The van der Waals surface area contributed by atoms with Gasteiger partial charge in [0, 0.05) is 51.8 Å². The summed E-state index contributed by atoms with van der Waals surface area (Å²) in [6.45, 7) is 13.4. The fourth-order valence-electron chi connectivity index (χ4n) is 6.06. The molecule has 1 amide bonds. The van der Waals surface area contributed by atoms with Crippen LogP contribution in [0.3, 0.4) is 0 Å². The SMILES string of the molecule is Cn1ncc2cc(-c3c(Cl)n(COCC[Si](C)(C)C)c4ncc5c(c34)n([C@H]3C[C@@H](NC(=O)OC(C)(C)C)C3)c(=O)n5C)ccc21. The van der Waals surface area contributed by atoms with Crippen LogP contribution in [0.5, 0.6) is 0 Å². The summed E-state index contributed by atoms with van der Waals surface area (Å²) in [6, 6.07) is 6.97. The molecule has 11 nitrogen and oxygen atoms in total. The summed E-state index contributed by atoms with van der Waals surface area (Å²) in [5.74, 6) is 0. The van der Waals surface area contributed by atoms with Crippen LogP contribution in [0.25, 0.3) is 44.1 Å². The Labute approximate surface area is 268 Å². The van der Waals surface area contributed by atoms with Crippen molar-refractivity contribution in [3.05, 3.63) is 46.2 Å². The Morgan fingerprint density at radius 3 is 2.56 bits per heavy atom. The van der Waals surface area contributed by atoms with Crippen LogP contribution < -0.4 is 11.0 Å². The highest BCUT2D eigenvalue weighted by molar-refractivity contribution is 6.76. The van der Waals surface area contributed by atoms with Gasteiger partial charge in [0.15, 0.2) is 0 Å². The maximum atomic E-state index is 13.8. The van der Waals surface area contributed by atoms with E-state index < -0.39 is 19.8 Å². The molecule has 6 rings (SSSR count). The van der Waals surface area contributed by atoms with Crippen molar-refractivity contribution in [2.24, 2.45) is 14.1 Å². The number of imidazole rings is 1. The Kier molecular flexibility index (Phi) is 7.89. The lowest BCUT2D eigenvalue weighted by Crippen LogP contribution is -2.48. The van der Waals surface area contributed by atoms with Gasteiger partial charge in [0.2, 0.25) is 0 Å². The molecule has 1 aliphatic carbocycles. The highest BCUT2D eigenvalue weighted by Gasteiger charge is 2.36. The fraction of sp³-hybridized carbons (Fsp3) is 0.500. The number of nitrogens with one attached hydrogen (secondary N) is 1. The predicted octanol–water partition coefficient (Wildman–Crippen LogP) is 6.44. The van der Waals surface area contributed by atoms with E-state index in [1.165, 1.54) is 0 Å². The molecule has 1 aromatic carbocycles. The zero-order valence-electron chi connectivity index (χ0n) is 27.3. The smallest absolute Gasteiger partial charge is 0.407 e. The van der Waals surface area contributed by atoms with Crippen LogP contribution in [0.4, 0.5) is 4.79 Å². The minimum absolute atomic E-state index is 0.0928. The molecule has 0 spiro atoms. The van der Waals surface area contributed by atoms with Crippen molar-refractivity contribution in [2.45, 2.75) is 83.7 Å². The first-order valence-corrected chi connectivity index (χ1v) is 19.5. The van der Waals surface area contributed by atoms with Gasteiger partial charge < -0.3 is 14.8 Å². The van der Waals surface area contributed by atoms with E-state index in [2.05, 4.69) is 36.1 Å². The second-order valence-corrected chi connectivity index (χ2v) is 20.3. The van der Waals surface area contributed by atoms with Crippen molar-refractivity contribution in [3.8, 4) is 11.1 Å². The van der Waals surface area contributed by atoms with Crippen molar-refractivity contribution in [1.29, 1.82) is 0 Å². The lowest BCUT2D eigenvalue weighted by molar-refractivity contribution is 0.0456. The summed E-state index contributed by atoms with van der Waals surface area (Å²) in [5, 5.41) is 9.66. The topological polar surface area (TPSA) is 110 Å². The number of alkyl carbamates (subject to hydrolysis) is 1. The first-order chi connectivity index (χ1) is 21.1. The van der Waals surface area contributed by atoms with E-state index in [0.717, 1.165) is 39.0 Å². The number of amides is 1. The first kappa shape index (κ1) is 31.4. The van der Waals surface area contributed by atoms with Gasteiger partial charge in [-0.3, -0.25) is 18.4 Å². The molecule has 1 saturated carbocycles. The third-order valence-corrected chi connectivity index (χ3v) is 10.6. The normalized spacial score (nSPS) is 17.4. The highest BCUT2D eigenvalue weighted by Crippen LogP contribution is 2.43. The van der Waals surface area contributed by atoms with Gasteiger partial charge in [0.05, 0.1) is 34.3 Å². The molecule has 13 heteroatoms. The number of halogens is 1. The van der Waals surface area contributed by atoms with E-state index in [0.29, 0.717) is 35.8 Å². The minimum atomic E-state index is -1.29. The zero-order valence-corrected chi connectivity index (χ0v) is 29.0. The number of rotatable bonds is 8. The van der Waals surface area contributed by atoms with Crippen molar-refractivity contribution < 1.29 is 14.3 Å². The van der Waals surface area contributed by atoms with Gasteiger partial charge in [-0.2, -0.15) is 5.10 Å². The van der Waals surface area contributed by atoms with Gasteiger partial charge in [0.25, 0.3) is 0 Å². The quantitative estimate of drug-likeness (QED) is 0.153. The second kappa shape index (κ2) is 11.3. The molecule has 4 aromatic heterocycles. The number of carbonyl (C=O) groups is 1. The summed E-state index contributed by atoms with van der Waals surface area (Å²) in [5.41, 5.74) is 4.14. The molecule has 45 heavy (non-hydrogen) atoms. The van der Waals surface area contributed by atoms with E-state index in [4.69, 9.17) is 26.1 Å². The molecule has 1 fully saturated rings. The average molecular weight is 652 g/mol. The molecule has 1 aliphatic rings. The van der Waals surface area contributed by atoms with Gasteiger partial charge in [0.1, 0.15) is 23.1 Å². The van der Waals surface area contributed by atoms with Crippen LogP contribution in [0.15, 0.2) is 35.4 Å². The van der Waals surface area contributed by atoms with Crippen LogP contribution in [0, 0.1) is 0 Å². The van der Waals surface area contributed by atoms with Crippen LogP contribution >= 0.6 is 11.6 Å². The average Bonchev–Trinajstić information content (AvgIpc) is 3.51. The van der Waals surface area contributed by atoms with Crippen LogP contribution in [0.1, 0.15) is 39.7 Å². The number of hydrogen-bond donors (Lipinski definition) is 1. The molecule has 5 aromatic rings. The third kappa shape index (κ3) is 5.91. The standard InChI is InChI=1S/C32H42ClN7O4Si/c1-32(2,3)44-30(41)36-21-14-22(15-21)40-27-24(37(4)31(40)42)17-34-29-26(27)25(19-9-10-23-20(13-19)16-35-38(23)5)28(33)39(29)18-43-11-12-45(6,7)8/h9-10,13,16-17,21-22H,11-12,14-15,18H2,1-8H3,(H,36,41)/t21-,22+. The number of aryl methyl sites for hydroxylation is 2. The van der Waals surface area contributed by atoms with E-state index >= 15 is 0 Å². The number of fused-ring (bicyclic) bond motifs is 4. The van der Waals surface area contributed by atoms with Gasteiger partial charge in [-0.15, -0.1) is 0 Å². The summed E-state index contributed by atoms with van der Waals surface area (Å²) < 4.78 is 18.9. The molecule has 0 radical (unpaired) electrons. The molecular formula is C32H42ClN7O4Si. The molecule has 0 atom stereocenters. The summed E-state index contributed by atoms with van der Waals surface area (Å²) in [7, 11) is 2.40. The third-order valence-electron chi connectivity index (χ3n) is 8.51. The summed E-state index contributed by atoms with van der Waals surface area (Å²) in [6.07, 6.45) is 4.34. The summed E-state index contributed by atoms with van der Waals surface area (Å²) >= 11 is 7.25. The predicted molar refractivity (Wildman–Crippen MR) is 181 cm³/mol. The highest BCUT2D eigenvalue weighted by atomic mass is 35.5. The van der Waals surface area contributed by atoms with Gasteiger partial charge in [-0.1, -0.05) is 37.3 Å². The monoisotopic (exact) mass is 651 g/mol. The molecule has 0 unspecified atom stereocenters. The Morgan fingerprint density at radius 2 is 1.87 bits per heavy atom. The number of aromatic nitrogens is 6. The first-order valence-electron chi connectivity index (χ1n) is 15.4. The van der Waals surface area contributed by atoms with Crippen molar-refractivity contribution >= 4 is 58.7 Å². The maximum absolute atomic E-state index is 13.8. The van der Waals surface area contributed by atoms with E-state index in [9.17, 15) is 9.59 Å². The zero-order chi connectivity index (χ0) is 32.4. The summed E-state index contributed by atoms with van der Waals surface area (Å²) in [4.78, 5) is 31.1. The van der Waals surface area contributed by atoms with E-state index in [-0.39, 0.29) is 24.5 Å². The number of benzene rings is 1. The van der Waals surface area contributed by atoms with Crippen LogP contribution in [-0.2, 0) is 30.3 Å². The largest absolute Gasteiger partial charge is 0.444 e. The van der Waals surface area contributed by atoms with E-state index in [1.54, 1.807) is 17.8 Å². The van der Waals surface area contributed by atoms with E-state index in [1.807, 2.05) is 60.0 Å². The maximum Gasteiger partial charge on any atom is 0.407 e. The molecule has 0 aliphatic heterocycles. The number of ether oxygens (including phenoxy) is 2. The Hall–Kier alpha value is -3.61. The van der Waals surface area contributed by atoms with Crippen molar-refractivity contribution in [2.75, 3.05) is 6.61 Å². The fourth-order valence-corrected chi connectivity index (χ4v) is 7.15. The van der Waals surface area contributed by atoms with Gasteiger partial charge >= 0.3 is 11.8 Å². The van der Waals surface area contributed by atoms with Gasteiger partial charge in [-0.25, -0.2) is 14.6 Å². The second-order valence-electron chi connectivity index (χ2n) is 14.4. The number of hydrogen-bond acceptors (Lipinski definition) is 6. The minimum Gasteiger partial charge on any atom is -0.444 e. The molecule has 1 N–H and O–H groups in total. The molecule has 0 saturated heterocycles. The van der Waals surface area contributed by atoms with Crippen molar-refractivity contribution in [1.82, 2.24) is 33.8 Å².